The molecule has 3 N–H and O–H groups in total. The van der Waals surface area contributed by atoms with Gasteiger partial charge in [-0.2, -0.15) is 0 Å². The van der Waals surface area contributed by atoms with Crippen molar-refractivity contribution in [1.82, 2.24) is 10.1 Å². The Bertz CT molecular complexity index is 532. The number of nitrogens with zero attached hydrogens (tertiary/aromatic N) is 3. The lowest BCUT2D eigenvalue weighted by molar-refractivity contribution is 0.0655. The number of amidine groups is 1. The first-order valence-electron chi connectivity index (χ1n) is 6.72. The molecule has 0 atom stereocenters. The third kappa shape index (κ3) is 3.15. The van der Waals surface area contributed by atoms with Gasteiger partial charge in [0.15, 0.2) is 11.5 Å². The summed E-state index contributed by atoms with van der Waals surface area (Å²) in [6, 6.07) is 1.59. The number of hydrogen-bond donors (Lipinski definition) is 2. The zero-order valence-corrected chi connectivity index (χ0v) is 12.2. The predicted molar refractivity (Wildman–Crippen MR) is 73.9 cm³/mol. The topological polar surface area (TPSA) is 114 Å². The molecule has 1 amide bonds. The molecule has 0 bridgehead atoms. The number of aromatic nitrogens is 1. The largest absolute Gasteiger partial charge is 0.409 e. The van der Waals surface area contributed by atoms with Gasteiger partial charge in [0.1, 0.15) is 12.4 Å². The van der Waals surface area contributed by atoms with Crippen LogP contribution in [0.5, 0.6) is 0 Å². The number of rotatable bonds is 4. The van der Waals surface area contributed by atoms with E-state index in [2.05, 4.69) is 10.3 Å². The molecular formula is C13H20N4O4. The van der Waals surface area contributed by atoms with Crippen molar-refractivity contribution in [2.75, 3.05) is 20.2 Å². The molecular weight excluding hydrogens is 276 g/mol. The number of methoxy groups -OCH3 is 1. The van der Waals surface area contributed by atoms with Gasteiger partial charge in [0.25, 0.3) is 5.91 Å². The second-order valence-electron chi connectivity index (χ2n) is 5.45. The Morgan fingerprint density at radius 2 is 2.29 bits per heavy atom. The van der Waals surface area contributed by atoms with Crippen LogP contribution in [-0.4, -0.2) is 47.2 Å². The maximum absolute atomic E-state index is 12.3. The minimum absolute atomic E-state index is 0.178. The maximum atomic E-state index is 12.3. The Kier molecular flexibility index (Phi) is 4.46. The SMILES string of the molecule is COCc1cc(C(=O)N2CCC(C)(C(N)=NO)CC2)no1. The van der Waals surface area contributed by atoms with Crippen LogP contribution in [-0.2, 0) is 11.3 Å². The number of hydrogen-bond acceptors (Lipinski definition) is 6. The van der Waals surface area contributed by atoms with Crippen molar-refractivity contribution < 1.29 is 19.3 Å². The molecule has 0 unspecified atom stereocenters. The molecule has 116 valence electrons. The monoisotopic (exact) mass is 296 g/mol. The van der Waals surface area contributed by atoms with Crippen molar-refractivity contribution in [3.05, 3.63) is 17.5 Å². The third-order valence-electron chi connectivity index (χ3n) is 3.94. The van der Waals surface area contributed by atoms with E-state index in [-0.39, 0.29) is 29.5 Å². The minimum Gasteiger partial charge on any atom is -0.409 e. The second kappa shape index (κ2) is 6.13. The van der Waals surface area contributed by atoms with Crippen LogP contribution in [0.25, 0.3) is 0 Å². The molecule has 1 aliphatic heterocycles. The van der Waals surface area contributed by atoms with E-state index in [1.807, 2.05) is 6.92 Å². The Morgan fingerprint density at radius 3 is 2.86 bits per heavy atom. The van der Waals surface area contributed by atoms with Gasteiger partial charge in [-0.1, -0.05) is 17.2 Å². The van der Waals surface area contributed by atoms with Gasteiger partial charge in [-0.25, -0.2) is 0 Å². The highest BCUT2D eigenvalue weighted by molar-refractivity contribution is 5.92. The highest BCUT2D eigenvalue weighted by atomic mass is 16.5. The lowest BCUT2D eigenvalue weighted by Gasteiger charge is -2.38. The number of carbonyl (C=O) groups excluding carboxylic acids is 1. The number of oxime groups is 1. The molecule has 21 heavy (non-hydrogen) atoms. The van der Waals surface area contributed by atoms with E-state index < -0.39 is 0 Å². The highest BCUT2D eigenvalue weighted by Gasteiger charge is 2.36. The van der Waals surface area contributed by atoms with E-state index in [0.717, 1.165) is 0 Å². The summed E-state index contributed by atoms with van der Waals surface area (Å²) in [6.07, 6.45) is 1.27. The van der Waals surface area contributed by atoms with Crippen LogP contribution in [0.15, 0.2) is 15.7 Å². The molecule has 1 aliphatic rings. The number of piperidine rings is 1. The van der Waals surface area contributed by atoms with Crippen LogP contribution in [0.4, 0.5) is 0 Å². The van der Waals surface area contributed by atoms with Crippen molar-refractivity contribution in [2.45, 2.75) is 26.4 Å². The third-order valence-corrected chi connectivity index (χ3v) is 3.94. The molecule has 2 heterocycles. The first-order valence-corrected chi connectivity index (χ1v) is 6.72. The van der Waals surface area contributed by atoms with E-state index in [9.17, 15) is 4.79 Å². The number of nitrogens with two attached hydrogens (primary N) is 1. The fourth-order valence-corrected chi connectivity index (χ4v) is 2.37. The van der Waals surface area contributed by atoms with E-state index in [1.165, 1.54) is 0 Å². The fraction of sp³-hybridized carbons (Fsp3) is 0.615. The Labute approximate surface area is 122 Å². The predicted octanol–water partition coefficient (Wildman–Crippen LogP) is 0.810. The average Bonchev–Trinajstić information content (AvgIpc) is 2.95. The summed E-state index contributed by atoms with van der Waals surface area (Å²) in [5, 5.41) is 15.7. The molecule has 8 nitrogen and oxygen atoms in total. The smallest absolute Gasteiger partial charge is 0.276 e. The van der Waals surface area contributed by atoms with Crippen LogP contribution in [0.3, 0.4) is 0 Å². The van der Waals surface area contributed by atoms with Gasteiger partial charge in [-0.05, 0) is 12.8 Å². The Hall–Kier alpha value is -2.09. The van der Waals surface area contributed by atoms with Gasteiger partial charge in [-0.15, -0.1) is 0 Å². The van der Waals surface area contributed by atoms with Gasteiger partial charge in [0.05, 0.1) is 0 Å². The van der Waals surface area contributed by atoms with E-state index in [0.29, 0.717) is 31.7 Å². The van der Waals surface area contributed by atoms with Gasteiger partial charge in [0.2, 0.25) is 0 Å². The molecule has 1 aromatic rings. The van der Waals surface area contributed by atoms with Gasteiger partial charge < -0.3 is 25.1 Å². The average molecular weight is 296 g/mol. The summed E-state index contributed by atoms with van der Waals surface area (Å²) >= 11 is 0. The van der Waals surface area contributed by atoms with E-state index >= 15 is 0 Å². The molecule has 2 rings (SSSR count). The van der Waals surface area contributed by atoms with Gasteiger partial charge >= 0.3 is 0 Å². The van der Waals surface area contributed by atoms with Crippen LogP contribution >= 0.6 is 0 Å². The number of amides is 1. The fourth-order valence-electron chi connectivity index (χ4n) is 2.37. The van der Waals surface area contributed by atoms with Crippen molar-refractivity contribution >= 4 is 11.7 Å². The van der Waals surface area contributed by atoms with Gasteiger partial charge in [-0.3, -0.25) is 4.79 Å². The Balaban J connectivity index is 1.99. The van der Waals surface area contributed by atoms with Crippen LogP contribution in [0, 0.1) is 5.41 Å². The normalized spacial score (nSPS) is 18.8. The molecule has 8 heteroatoms. The summed E-state index contributed by atoms with van der Waals surface area (Å²) in [7, 11) is 1.54. The molecule has 1 aromatic heterocycles. The maximum Gasteiger partial charge on any atom is 0.276 e. The van der Waals surface area contributed by atoms with E-state index in [4.69, 9.17) is 20.2 Å². The van der Waals surface area contributed by atoms with Crippen molar-refractivity contribution in [1.29, 1.82) is 0 Å². The number of carbonyl (C=O) groups is 1. The van der Waals surface area contributed by atoms with Crippen molar-refractivity contribution in [3.63, 3.8) is 0 Å². The first-order chi connectivity index (χ1) is 10.00. The standard InChI is InChI=1S/C13H20N4O4/c1-13(12(14)15-19)3-5-17(6-4-13)11(18)10-7-9(8-20-2)21-16-10/h7,19H,3-6,8H2,1-2H3,(H2,14,15). The van der Waals surface area contributed by atoms with Crippen LogP contribution in [0.1, 0.15) is 36.0 Å². The molecule has 0 saturated carbocycles. The van der Waals surface area contributed by atoms with E-state index in [1.54, 1.807) is 18.1 Å². The summed E-state index contributed by atoms with van der Waals surface area (Å²) in [4.78, 5) is 14.0. The lowest BCUT2D eigenvalue weighted by atomic mass is 9.79. The zero-order chi connectivity index (χ0) is 15.5. The van der Waals surface area contributed by atoms with Crippen molar-refractivity contribution in [2.24, 2.45) is 16.3 Å². The lowest BCUT2D eigenvalue weighted by Crippen LogP contribution is -2.47. The summed E-state index contributed by atoms with van der Waals surface area (Å²) in [6.45, 7) is 3.26. The van der Waals surface area contributed by atoms with Crippen molar-refractivity contribution in [3.8, 4) is 0 Å². The zero-order valence-electron chi connectivity index (χ0n) is 12.2. The highest BCUT2D eigenvalue weighted by Crippen LogP contribution is 2.31. The molecule has 0 aromatic carbocycles. The summed E-state index contributed by atoms with van der Waals surface area (Å²) < 4.78 is 9.94. The molecule has 0 radical (unpaired) electrons. The van der Waals surface area contributed by atoms with Crippen LogP contribution in [0.2, 0.25) is 0 Å². The summed E-state index contributed by atoms with van der Waals surface area (Å²) in [5.74, 6) is 0.542. The molecule has 0 aliphatic carbocycles. The summed E-state index contributed by atoms with van der Waals surface area (Å²) in [5.41, 5.74) is 5.60. The van der Waals surface area contributed by atoms with Gasteiger partial charge in [0, 0.05) is 31.7 Å². The Morgan fingerprint density at radius 1 is 1.62 bits per heavy atom. The quantitative estimate of drug-likeness (QED) is 0.368. The van der Waals surface area contributed by atoms with Crippen LogP contribution < -0.4 is 5.73 Å². The molecule has 0 spiro atoms. The first kappa shape index (κ1) is 15.3. The number of ether oxygens (including phenoxy) is 1. The molecule has 1 fully saturated rings. The second-order valence-corrected chi connectivity index (χ2v) is 5.45. The molecule has 1 saturated heterocycles. The number of likely N-dealkylation sites (tertiary alicyclic amines) is 1. The minimum atomic E-state index is -0.378.